The molecule has 3 nitrogen and oxygen atoms in total. The highest BCUT2D eigenvalue weighted by atomic mass is 15.1. The van der Waals surface area contributed by atoms with Gasteiger partial charge in [-0.05, 0) is 50.4 Å². The summed E-state index contributed by atoms with van der Waals surface area (Å²) in [6.07, 6.45) is 2.58. The fourth-order valence-electron chi connectivity index (χ4n) is 2.39. The summed E-state index contributed by atoms with van der Waals surface area (Å²) in [5.74, 6) is 0.993. The maximum absolute atomic E-state index is 4.64. The number of likely N-dealkylation sites (tertiary alicyclic amines) is 1. The SMILES string of the molecule is CCNc1cccc(CN2CCC(C)(C)CC2)n1. The summed E-state index contributed by atoms with van der Waals surface area (Å²) in [6, 6.07) is 6.25. The van der Waals surface area contributed by atoms with Crippen LogP contribution in [0, 0.1) is 5.41 Å². The highest BCUT2D eigenvalue weighted by molar-refractivity contribution is 5.34. The summed E-state index contributed by atoms with van der Waals surface area (Å²) in [4.78, 5) is 7.16. The molecule has 0 unspecified atom stereocenters. The van der Waals surface area contributed by atoms with Crippen LogP contribution < -0.4 is 5.32 Å². The molecule has 1 saturated heterocycles. The quantitative estimate of drug-likeness (QED) is 0.886. The number of nitrogens with one attached hydrogen (secondary N) is 1. The minimum atomic E-state index is 0.523. The van der Waals surface area contributed by atoms with Gasteiger partial charge < -0.3 is 5.32 Å². The zero-order valence-electron chi connectivity index (χ0n) is 11.9. The molecule has 2 rings (SSSR count). The molecule has 0 aliphatic carbocycles. The Bertz CT molecular complexity index is 377. The molecule has 1 N–H and O–H groups in total. The maximum Gasteiger partial charge on any atom is 0.126 e. The average molecular weight is 247 g/mol. The Hall–Kier alpha value is -1.09. The molecule has 0 spiro atoms. The third-order valence-electron chi connectivity index (χ3n) is 3.76. The first-order valence-corrected chi connectivity index (χ1v) is 7.01. The fraction of sp³-hybridized carbons (Fsp3) is 0.667. The van der Waals surface area contributed by atoms with E-state index in [1.807, 2.05) is 6.07 Å². The molecule has 1 aromatic heterocycles. The zero-order valence-corrected chi connectivity index (χ0v) is 11.9. The van der Waals surface area contributed by atoms with E-state index in [0.717, 1.165) is 18.9 Å². The lowest BCUT2D eigenvalue weighted by atomic mass is 9.83. The Labute approximate surface area is 111 Å². The molecule has 0 bridgehead atoms. The number of rotatable bonds is 4. The van der Waals surface area contributed by atoms with Crippen LogP contribution in [-0.2, 0) is 6.54 Å². The molecule has 2 heterocycles. The maximum atomic E-state index is 4.64. The molecule has 1 aliphatic rings. The number of anilines is 1. The molecular weight excluding hydrogens is 222 g/mol. The van der Waals surface area contributed by atoms with Gasteiger partial charge in [-0.3, -0.25) is 4.90 Å². The second kappa shape index (κ2) is 5.70. The van der Waals surface area contributed by atoms with E-state index < -0.39 is 0 Å². The third-order valence-corrected chi connectivity index (χ3v) is 3.76. The molecule has 1 fully saturated rings. The topological polar surface area (TPSA) is 28.2 Å². The van der Waals surface area contributed by atoms with Gasteiger partial charge in [0.05, 0.1) is 5.69 Å². The summed E-state index contributed by atoms with van der Waals surface area (Å²) in [7, 11) is 0. The molecular formula is C15H25N3. The molecule has 0 radical (unpaired) electrons. The lowest BCUT2D eigenvalue weighted by Crippen LogP contribution is -2.36. The minimum Gasteiger partial charge on any atom is -0.370 e. The highest BCUT2D eigenvalue weighted by Crippen LogP contribution is 2.30. The third kappa shape index (κ3) is 3.70. The van der Waals surface area contributed by atoms with Crippen molar-refractivity contribution in [3.8, 4) is 0 Å². The lowest BCUT2D eigenvalue weighted by Gasteiger charge is -2.36. The normalized spacial score (nSPS) is 19.7. The highest BCUT2D eigenvalue weighted by Gasteiger charge is 2.25. The van der Waals surface area contributed by atoms with Crippen LogP contribution in [0.15, 0.2) is 18.2 Å². The van der Waals surface area contributed by atoms with Crippen molar-refractivity contribution >= 4 is 5.82 Å². The zero-order chi connectivity index (χ0) is 13.0. The van der Waals surface area contributed by atoms with Crippen LogP contribution in [0.25, 0.3) is 0 Å². The predicted molar refractivity (Wildman–Crippen MR) is 76.7 cm³/mol. The van der Waals surface area contributed by atoms with Gasteiger partial charge in [-0.15, -0.1) is 0 Å². The van der Waals surface area contributed by atoms with E-state index in [2.05, 4.69) is 48.1 Å². The first kappa shape index (κ1) is 13.3. The number of piperidine rings is 1. The Balaban J connectivity index is 1.91. The molecule has 1 aromatic rings. The van der Waals surface area contributed by atoms with Crippen molar-refractivity contribution in [1.29, 1.82) is 0 Å². The van der Waals surface area contributed by atoms with Crippen LogP contribution in [0.2, 0.25) is 0 Å². The number of aromatic nitrogens is 1. The van der Waals surface area contributed by atoms with Gasteiger partial charge in [0.1, 0.15) is 5.82 Å². The molecule has 3 heteroatoms. The van der Waals surface area contributed by atoms with Gasteiger partial charge in [-0.25, -0.2) is 4.98 Å². The summed E-state index contributed by atoms with van der Waals surface area (Å²) in [5, 5.41) is 3.27. The molecule has 0 atom stereocenters. The van der Waals surface area contributed by atoms with Crippen LogP contribution in [0.1, 0.15) is 39.3 Å². The van der Waals surface area contributed by atoms with Crippen molar-refractivity contribution in [2.75, 3.05) is 25.0 Å². The lowest BCUT2D eigenvalue weighted by molar-refractivity contribution is 0.126. The van der Waals surface area contributed by atoms with E-state index >= 15 is 0 Å². The Morgan fingerprint density at radius 3 is 2.67 bits per heavy atom. The summed E-state index contributed by atoms with van der Waals surface area (Å²) in [5.41, 5.74) is 1.70. The average Bonchev–Trinajstić information content (AvgIpc) is 2.33. The van der Waals surface area contributed by atoms with Gasteiger partial charge in [0.2, 0.25) is 0 Å². The second-order valence-corrected chi connectivity index (χ2v) is 5.98. The summed E-state index contributed by atoms with van der Waals surface area (Å²) >= 11 is 0. The largest absolute Gasteiger partial charge is 0.370 e. The molecule has 0 saturated carbocycles. The van der Waals surface area contributed by atoms with Gasteiger partial charge in [0.15, 0.2) is 0 Å². The second-order valence-electron chi connectivity index (χ2n) is 5.98. The number of hydrogen-bond donors (Lipinski definition) is 1. The van der Waals surface area contributed by atoms with Crippen LogP contribution in [-0.4, -0.2) is 29.5 Å². The van der Waals surface area contributed by atoms with E-state index in [-0.39, 0.29) is 0 Å². The van der Waals surface area contributed by atoms with E-state index in [1.165, 1.54) is 31.6 Å². The van der Waals surface area contributed by atoms with Crippen molar-refractivity contribution in [3.05, 3.63) is 23.9 Å². The molecule has 18 heavy (non-hydrogen) atoms. The predicted octanol–water partition coefficient (Wildman–Crippen LogP) is 3.14. The first-order valence-electron chi connectivity index (χ1n) is 7.01. The molecule has 100 valence electrons. The van der Waals surface area contributed by atoms with E-state index in [0.29, 0.717) is 5.41 Å². The van der Waals surface area contributed by atoms with Gasteiger partial charge in [-0.1, -0.05) is 19.9 Å². The fourth-order valence-corrected chi connectivity index (χ4v) is 2.39. The number of pyridine rings is 1. The van der Waals surface area contributed by atoms with Gasteiger partial charge >= 0.3 is 0 Å². The van der Waals surface area contributed by atoms with Crippen LogP contribution in [0.3, 0.4) is 0 Å². The smallest absolute Gasteiger partial charge is 0.126 e. The van der Waals surface area contributed by atoms with Gasteiger partial charge in [0, 0.05) is 13.1 Å². The molecule has 0 aromatic carbocycles. The monoisotopic (exact) mass is 247 g/mol. The summed E-state index contributed by atoms with van der Waals surface area (Å²) in [6.45, 7) is 11.1. The van der Waals surface area contributed by atoms with Crippen molar-refractivity contribution in [2.45, 2.75) is 40.2 Å². The summed E-state index contributed by atoms with van der Waals surface area (Å²) < 4.78 is 0. The number of hydrogen-bond acceptors (Lipinski definition) is 3. The van der Waals surface area contributed by atoms with Gasteiger partial charge in [-0.2, -0.15) is 0 Å². The van der Waals surface area contributed by atoms with Crippen molar-refractivity contribution in [3.63, 3.8) is 0 Å². The Morgan fingerprint density at radius 2 is 2.00 bits per heavy atom. The van der Waals surface area contributed by atoms with E-state index in [4.69, 9.17) is 0 Å². The van der Waals surface area contributed by atoms with Crippen LogP contribution in [0.5, 0.6) is 0 Å². The molecule has 0 amide bonds. The van der Waals surface area contributed by atoms with Crippen molar-refractivity contribution in [1.82, 2.24) is 9.88 Å². The van der Waals surface area contributed by atoms with Crippen molar-refractivity contribution in [2.24, 2.45) is 5.41 Å². The van der Waals surface area contributed by atoms with E-state index in [1.54, 1.807) is 0 Å². The van der Waals surface area contributed by atoms with E-state index in [9.17, 15) is 0 Å². The van der Waals surface area contributed by atoms with Crippen LogP contribution >= 0.6 is 0 Å². The Morgan fingerprint density at radius 1 is 1.28 bits per heavy atom. The Kier molecular flexibility index (Phi) is 4.23. The molecule has 1 aliphatic heterocycles. The number of nitrogens with zero attached hydrogens (tertiary/aromatic N) is 2. The minimum absolute atomic E-state index is 0.523. The van der Waals surface area contributed by atoms with Crippen molar-refractivity contribution < 1.29 is 0 Å². The van der Waals surface area contributed by atoms with Gasteiger partial charge in [0.25, 0.3) is 0 Å². The standard InChI is InChI=1S/C15H25N3/c1-4-16-14-7-5-6-13(17-14)12-18-10-8-15(2,3)9-11-18/h5-7H,4,8-12H2,1-3H3,(H,16,17). The first-order chi connectivity index (χ1) is 8.59. The van der Waals surface area contributed by atoms with Crippen LogP contribution in [0.4, 0.5) is 5.82 Å².